The molecule has 474 valence electrons. The summed E-state index contributed by atoms with van der Waals surface area (Å²) in [5, 5.41) is 0. The minimum atomic E-state index is -0.498. The fourth-order valence-corrected chi connectivity index (χ4v) is 17.1. The number of ketones is 1. The Labute approximate surface area is 501 Å². The number of rotatable bonds is 23. The van der Waals surface area contributed by atoms with Crippen molar-refractivity contribution in [1.82, 2.24) is 0 Å². The zero-order chi connectivity index (χ0) is 59.9. The summed E-state index contributed by atoms with van der Waals surface area (Å²) in [7, 11) is 0. The molecule has 16 heteroatoms. The Morgan fingerprint density at radius 1 is 0.488 bits per heavy atom. The molecule has 0 aromatic carbocycles. The van der Waals surface area contributed by atoms with Crippen molar-refractivity contribution in [1.29, 1.82) is 0 Å². The van der Waals surface area contributed by atoms with Crippen LogP contribution in [-0.2, 0) is 76.2 Å². The highest BCUT2D eigenvalue weighted by atomic mass is 16.7. The number of hydrogen-bond donors (Lipinski definition) is 0. The van der Waals surface area contributed by atoms with Gasteiger partial charge in [-0.3, -0.25) is 33.6 Å². The van der Waals surface area contributed by atoms with Crippen LogP contribution in [0.1, 0.15) is 222 Å². The van der Waals surface area contributed by atoms with Crippen LogP contribution < -0.4 is 0 Å². The van der Waals surface area contributed by atoms with Crippen LogP contribution in [-0.4, -0.2) is 99.6 Å². The Kier molecular flexibility index (Phi) is 22.5. The van der Waals surface area contributed by atoms with Gasteiger partial charge in [0, 0.05) is 29.6 Å². The van der Waals surface area contributed by atoms with E-state index in [0.29, 0.717) is 60.4 Å². The normalized spacial score (nSPS) is 35.8. The van der Waals surface area contributed by atoms with Gasteiger partial charge in [-0.05, 0) is 198 Å². The maximum atomic E-state index is 12.8. The first-order chi connectivity index (χ1) is 40.2. The third-order valence-corrected chi connectivity index (χ3v) is 23.1. The number of fused-ring (bicyclic) bond motifs is 6. The predicted octanol–water partition coefficient (Wildman–Crippen LogP) is 12.5. The fourth-order valence-electron chi connectivity index (χ4n) is 17.1. The lowest BCUT2D eigenvalue weighted by molar-refractivity contribution is -0.193. The van der Waals surface area contributed by atoms with Crippen LogP contribution in [0.5, 0.6) is 0 Å². The number of esters is 6. The summed E-state index contributed by atoms with van der Waals surface area (Å²) in [6.45, 7) is 16.9. The third kappa shape index (κ3) is 15.8. The Bertz CT molecular complexity index is 2250. The van der Waals surface area contributed by atoms with Gasteiger partial charge in [0.2, 0.25) is 0 Å². The highest BCUT2D eigenvalue weighted by Gasteiger charge is 2.56. The van der Waals surface area contributed by atoms with E-state index >= 15 is 0 Å². The molecule has 0 aliphatic heterocycles. The predicted molar refractivity (Wildman–Crippen MR) is 310 cm³/mol. The molecule has 0 spiro atoms. The first kappa shape index (κ1) is 64.8. The molecule has 0 saturated heterocycles. The average Bonchev–Trinajstić information content (AvgIpc) is 3.94. The summed E-state index contributed by atoms with van der Waals surface area (Å²) in [5.41, 5.74) is -0.966. The molecule has 12 rings (SSSR count). The number of ether oxygens (including phenoxy) is 9. The minimum absolute atomic E-state index is 0.00292. The molecule has 0 aromatic rings. The molecule has 0 heterocycles. The average molecular weight is 1180 g/mol. The SMILES string of the molecule is CCC(C)(C)C(=O)OC1CC2CC(C(=O)OCOC3C4CC5CC(C4)C(=O)C3C5)C1C2.CCC(C)(C)C(=O)OC1CC2CC(C(=O)OCOCC3CCCCC3)C1C2.CCC(C)C(=O)OC1CC2CC(C(=O)OCOCC3CCCCC3)C1C2. The van der Waals surface area contributed by atoms with E-state index in [9.17, 15) is 33.6 Å². The van der Waals surface area contributed by atoms with E-state index in [2.05, 4.69) is 0 Å². The molecule has 18 atom stereocenters. The molecule has 0 aromatic heterocycles. The van der Waals surface area contributed by atoms with Gasteiger partial charge in [0.05, 0.1) is 53.8 Å². The summed E-state index contributed by atoms with van der Waals surface area (Å²) in [5.74, 6) is 3.01. The highest BCUT2D eigenvalue weighted by molar-refractivity contribution is 5.86. The van der Waals surface area contributed by atoms with Gasteiger partial charge in [-0.15, -0.1) is 0 Å². The topological polar surface area (TPSA) is 203 Å². The van der Waals surface area contributed by atoms with Crippen LogP contribution in [0.2, 0.25) is 0 Å². The molecule has 12 fully saturated rings. The molecule has 16 nitrogen and oxygen atoms in total. The van der Waals surface area contributed by atoms with Crippen molar-refractivity contribution in [3.8, 4) is 0 Å². The van der Waals surface area contributed by atoms with E-state index in [1.807, 2.05) is 55.4 Å². The molecule has 12 aliphatic rings. The van der Waals surface area contributed by atoms with Gasteiger partial charge in [-0.1, -0.05) is 66.2 Å². The van der Waals surface area contributed by atoms with Crippen LogP contribution in [0.3, 0.4) is 0 Å². The maximum absolute atomic E-state index is 12.8. The smallest absolute Gasteiger partial charge is 0.311 e. The lowest BCUT2D eigenvalue weighted by atomic mass is 9.54. The van der Waals surface area contributed by atoms with Gasteiger partial charge < -0.3 is 42.6 Å². The highest BCUT2D eigenvalue weighted by Crippen LogP contribution is 2.55. The van der Waals surface area contributed by atoms with E-state index in [1.54, 1.807) is 0 Å². The van der Waals surface area contributed by atoms with Gasteiger partial charge in [0.15, 0.2) is 20.4 Å². The molecular formula is C68H106O16. The Balaban J connectivity index is 0.000000152. The molecule has 12 aliphatic carbocycles. The first-order valence-corrected chi connectivity index (χ1v) is 33.7. The van der Waals surface area contributed by atoms with Crippen molar-refractivity contribution in [3.05, 3.63) is 0 Å². The monoisotopic (exact) mass is 1180 g/mol. The number of Topliss-reactive ketones (excluding diaryl/α,β-unsaturated/α-hetero) is 1. The van der Waals surface area contributed by atoms with Crippen LogP contribution in [0.15, 0.2) is 0 Å². The van der Waals surface area contributed by atoms with Crippen molar-refractivity contribution in [2.75, 3.05) is 33.6 Å². The second kappa shape index (κ2) is 29.1. The summed E-state index contributed by atoms with van der Waals surface area (Å²) < 4.78 is 50.9. The zero-order valence-corrected chi connectivity index (χ0v) is 52.5. The standard InChI is InChI=1S/C25H36O6.C22H36O5.C21H34O5/c1-4-25(2,3)24(28)31-20-10-14-7-17(20)18(8-14)23(27)30-12-29-22-16-6-13-5-15(11-16)21(26)19(22)9-13;1-4-22(2,3)21(24)27-19-12-16-10-17(19)18(11-16)20(23)26-14-25-13-15-8-6-5-7-9-15;1-3-14(2)20(22)26-19-11-16-9-17(19)18(10-16)21(23)25-13-24-12-15-7-5-4-6-8-15/h13-20,22H,4-12H2,1-3H3;15-19H,4-14H2,1-3H3;14-19H,3-13H2,1-2H3. The fraction of sp³-hybridized carbons (Fsp3) is 0.897. The Morgan fingerprint density at radius 2 is 0.905 bits per heavy atom. The molecule has 0 N–H and O–H groups in total. The number of carbonyl (C=O) groups is 7. The second-order valence-electron chi connectivity index (χ2n) is 29.6. The van der Waals surface area contributed by atoms with E-state index in [4.69, 9.17) is 42.6 Å². The van der Waals surface area contributed by atoms with Crippen LogP contribution in [0.4, 0.5) is 0 Å². The van der Waals surface area contributed by atoms with Gasteiger partial charge in [-0.2, -0.15) is 0 Å². The van der Waals surface area contributed by atoms with E-state index in [-0.39, 0.29) is 134 Å². The van der Waals surface area contributed by atoms with Crippen molar-refractivity contribution in [2.45, 2.75) is 247 Å². The lowest BCUT2D eigenvalue weighted by Gasteiger charge is -2.52. The largest absolute Gasteiger partial charge is 0.462 e. The van der Waals surface area contributed by atoms with E-state index < -0.39 is 10.8 Å². The van der Waals surface area contributed by atoms with Gasteiger partial charge in [-0.25, -0.2) is 0 Å². The van der Waals surface area contributed by atoms with Crippen molar-refractivity contribution in [3.63, 3.8) is 0 Å². The quantitative estimate of drug-likeness (QED) is 0.0404. The number of carbonyl (C=O) groups excluding carboxylic acids is 7. The maximum Gasteiger partial charge on any atom is 0.311 e. The molecule has 18 unspecified atom stereocenters. The van der Waals surface area contributed by atoms with E-state index in [0.717, 1.165) is 103 Å². The molecule has 84 heavy (non-hydrogen) atoms. The molecular weight excluding hydrogens is 1070 g/mol. The Morgan fingerprint density at radius 3 is 1.32 bits per heavy atom. The van der Waals surface area contributed by atoms with Gasteiger partial charge in [0.25, 0.3) is 0 Å². The summed E-state index contributed by atoms with van der Waals surface area (Å²) in [6, 6.07) is 0. The Hall–Kier alpha value is -3.63. The van der Waals surface area contributed by atoms with Crippen molar-refractivity contribution < 1.29 is 76.2 Å². The molecule has 0 amide bonds. The van der Waals surface area contributed by atoms with Gasteiger partial charge >= 0.3 is 35.8 Å². The first-order valence-electron chi connectivity index (χ1n) is 33.7. The summed E-state index contributed by atoms with van der Waals surface area (Å²) in [4.78, 5) is 87.4. The van der Waals surface area contributed by atoms with Crippen molar-refractivity contribution in [2.24, 2.45) is 106 Å². The van der Waals surface area contributed by atoms with Crippen molar-refractivity contribution >= 4 is 41.6 Å². The van der Waals surface area contributed by atoms with Crippen LogP contribution in [0.25, 0.3) is 0 Å². The second-order valence-corrected chi connectivity index (χ2v) is 29.6. The summed E-state index contributed by atoms with van der Waals surface area (Å²) in [6.07, 6.45) is 26.6. The molecule has 12 saturated carbocycles. The number of hydrogen-bond acceptors (Lipinski definition) is 16. The molecule has 10 bridgehead atoms. The molecule has 0 radical (unpaired) electrons. The zero-order valence-electron chi connectivity index (χ0n) is 52.5. The van der Waals surface area contributed by atoms with Gasteiger partial charge in [0.1, 0.15) is 24.1 Å². The lowest BCUT2D eigenvalue weighted by Crippen LogP contribution is -2.55. The summed E-state index contributed by atoms with van der Waals surface area (Å²) >= 11 is 0. The van der Waals surface area contributed by atoms with E-state index in [1.165, 1.54) is 64.2 Å². The minimum Gasteiger partial charge on any atom is -0.462 e. The third-order valence-electron chi connectivity index (χ3n) is 23.1. The van der Waals surface area contributed by atoms with Crippen LogP contribution in [0, 0.1) is 106 Å². The van der Waals surface area contributed by atoms with Crippen LogP contribution >= 0.6 is 0 Å².